The van der Waals surface area contributed by atoms with E-state index >= 15 is 0 Å². The monoisotopic (exact) mass is 570 g/mol. The molecule has 3 fully saturated rings. The molecular weight excluding hydrogens is 527 g/mol. The van der Waals surface area contributed by atoms with Crippen LogP contribution in [-0.4, -0.2) is 22.9 Å². The number of alkyl halides is 4. The molecule has 32 heavy (non-hydrogen) atoms. The van der Waals surface area contributed by atoms with Gasteiger partial charge in [0.1, 0.15) is 19.0 Å². The van der Waals surface area contributed by atoms with Crippen molar-refractivity contribution in [1.82, 2.24) is 0 Å². The number of allylic oxidation sites excluding steroid dienone is 1. The first-order chi connectivity index (χ1) is 15.4. The van der Waals surface area contributed by atoms with Crippen molar-refractivity contribution in [3.05, 3.63) is 12.4 Å². The lowest BCUT2D eigenvalue weighted by atomic mass is 9.67. The summed E-state index contributed by atoms with van der Waals surface area (Å²) in [5, 5.41) is 0. The summed E-state index contributed by atoms with van der Waals surface area (Å²) >= 11 is 2.10. The standard InChI is InChI=1S/C27H43F4I/c1-18(29)24(16-14-23(32)17-28)21-10-7-19(8-11-21)9-12-22-13-15-25(27(31)26(22)30)20-5-3-2-4-6-20/h19-27H,1-17H2. The second kappa shape index (κ2) is 13.3. The minimum atomic E-state index is -1.29. The first kappa shape index (κ1) is 26.8. The fourth-order valence-corrected chi connectivity index (χ4v) is 7.36. The van der Waals surface area contributed by atoms with Gasteiger partial charge in [-0.05, 0) is 74.5 Å². The van der Waals surface area contributed by atoms with Crippen molar-refractivity contribution < 1.29 is 17.6 Å². The van der Waals surface area contributed by atoms with E-state index in [1.807, 2.05) is 0 Å². The highest BCUT2D eigenvalue weighted by Crippen LogP contribution is 2.45. The molecule has 0 bridgehead atoms. The van der Waals surface area contributed by atoms with Crippen molar-refractivity contribution in [3.63, 3.8) is 0 Å². The van der Waals surface area contributed by atoms with E-state index in [2.05, 4.69) is 29.2 Å². The van der Waals surface area contributed by atoms with E-state index in [9.17, 15) is 17.6 Å². The van der Waals surface area contributed by atoms with Crippen molar-refractivity contribution >= 4 is 22.6 Å². The Kier molecular flexibility index (Phi) is 11.2. The number of hydrogen-bond acceptors (Lipinski definition) is 0. The SMILES string of the molecule is C=C(F)C(CCC(I)CF)C1CCC(CCC2CCC(C3CCCCC3)C(F)C2F)CC1. The van der Waals surface area contributed by atoms with Crippen molar-refractivity contribution in [3.8, 4) is 0 Å². The summed E-state index contributed by atoms with van der Waals surface area (Å²) in [6.07, 6.45) is 12.1. The molecular formula is C27H43F4I. The lowest BCUT2D eigenvalue weighted by Crippen LogP contribution is -2.42. The minimum Gasteiger partial charge on any atom is -0.250 e. The maximum atomic E-state index is 15.0. The third-order valence-corrected chi connectivity index (χ3v) is 10.0. The van der Waals surface area contributed by atoms with Gasteiger partial charge in [0, 0.05) is 9.84 Å². The molecule has 6 atom stereocenters. The number of hydrogen-bond donors (Lipinski definition) is 0. The predicted molar refractivity (Wildman–Crippen MR) is 134 cm³/mol. The van der Waals surface area contributed by atoms with Crippen LogP contribution in [0.5, 0.6) is 0 Å². The van der Waals surface area contributed by atoms with Crippen molar-refractivity contribution in [2.45, 2.75) is 113 Å². The summed E-state index contributed by atoms with van der Waals surface area (Å²) < 4.78 is 56.7. The molecule has 0 aromatic heterocycles. The van der Waals surface area contributed by atoms with Gasteiger partial charge in [-0.15, -0.1) is 0 Å². The summed E-state index contributed by atoms with van der Waals surface area (Å²) in [4.78, 5) is 0. The van der Waals surface area contributed by atoms with E-state index in [0.29, 0.717) is 30.6 Å². The molecule has 6 unspecified atom stereocenters. The quantitative estimate of drug-likeness (QED) is 0.139. The molecule has 3 saturated carbocycles. The van der Waals surface area contributed by atoms with Crippen LogP contribution in [0.15, 0.2) is 12.4 Å². The van der Waals surface area contributed by atoms with Gasteiger partial charge in [0.2, 0.25) is 0 Å². The molecule has 0 saturated heterocycles. The Balaban J connectivity index is 1.40. The summed E-state index contributed by atoms with van der Waals surface area (Å²) in [5.74, 6) is 0.659. The minimum absolute atomic E-state index is 0.0491. The van der Waals surface area contributed by atoms with Gasteiger partial charge >= 0.3 is 0 Å². The van der Waals surface area contributed by atoms with Crippen LogP contribution in [-0.2, 0) is 0 Å². The highest BCUT2D eigenvalue weighted by atomic mass is 127. The Morgan fingerprint density at radius 1 is 0.844 bits per heavy atom. The van der Waals surface area contributed by atoms with Gasteiger partial charge in [-0.3, -0.25) is 0 Å². The second-order valence-electron chi connectivity index (χ2n) is 11.0. The maximum Gasteiger partial charge on any atom is 0.134 e. The first-order valence-corrected chi connectivity index (χ1v) is 14.5. The number of rotatable bonds is 10. The molecule has 0 heterocycles. The molecule has 186 valence electrons. The van der Waals surface area contributed by atoms with Crippen molar-refractivity contribution in [2.75, 3.05) is 6.67 Å². The van der Waals surface area contributed by atoms with Gasteiger partial charge < -0.3 is 0 Å². The molecule has 0 aromatic carbocycles. The van der Waals surface area contributed by atoms with Crippen LogP contribution in [0.2, 0.25) is 0 Å². The Morgan fingerprint density at radius 2 is 1.53 bits per heavy atom. The van der Waals surface area contributed by atoms with Gasteiger partial charge in [-0.1, -0.05) is 80.5 Å². The van der Waals surface area contributed by atoms with Crippen LogP contribution < -0.4 is 0 Å². The molecule has 3 aliphatic rings. The largest absolute Gasteiger partial charge is 0.250 e. The Morgan fingerprint density at radius 3 is 2.16 bits per heavy atom. The van der Waals surface area contributed by atoms with Gasteiger partial charge in [0.25, 0.3) is 0 Å². The van der Waals surface area contributed by atoms with Crippen LogP contribution in [0.3, 0.4) is 0 Å². The zero-order valence-corrected chi connectivity index (χ0v) is 21.8. The van der Waals surface area contributed by atoms with Crippen LogP contribution in [0.1, 0.15) is 96.3 Å². The van der Waals surface area contributed by atoms with Crippen LogP contribution in [0.25, 0.3) is 0 Å². The first-order valence-electron chi connectivity index (χ1n) is 13.2. The van der Waals surface area contributed by atoms with E-state index in [0.717, 1.165) is 64.2 Å². The molecule has 0 aromatic rings. The summed E-state index contributed by atoms with van der Waals surface area (Å²) in [6.45, 7) is 3.20. The third kappa shape index (κ3) is 7.34. The highest BCUT2D eigenvalue weighted by Gasteiger charge is 2.43. The molecule has 0 aliphatic heterocycles. The fraction of sp³-hybridized carbons (Fsp3) is 0.926. The Bertz CT molecular complexity index is 556. The predicted octanol–water partition coefficient (Wildman–Crippen LogP) is 9.51. The Labute approximate surface area is 206 Å². The van der Waals surface area contributed by atoms with Crippen LogP contribution in [0.4, 0.5) is 17.6 Å². The van der Waals surface area contributed by atoms with Gasteiger partial charge in [0.15, 0.2) is 0 Å². The van der Waals surface area contributed by atoms with E-state index in [4.69, 9.17) is 0 Å². The second-order valence-corrected chi connectivity index (χ2v) is 12.8. The normalized spacial score (nSPS) is 36.5. The van der Waals surface area contributed by atoms with E-state index in [1.54, 1.807) is 0 Å². The van der Waals surface area contributed by atoms with E-state index in [-0.39, 0.29) is 34.2 Å². The molecule has 0 N–H and O–H groups in total. The third-order valence-electron chi connectivity index (χ3n) is 9.06. The fourth-order valence-electron chi connectivity index (χ4n) is 7.00. The van der Waals surface area contributed by atoms with Crippen LogP contribution in [0, 0.1) is 35.5 Å². The van der Waals surface area contributed by atoms with Crippen molar-refractivity contribution in [1.29, 1.82) is 0 Å². The highest BCUT2D eigenvalue weighted by molar-refractivity contribution is 14.1. The Hall–Kier alpha value is 0.190. The van der Waals surface area contributed by atoms with E-state index < -0.39 is 12.3 Å². The molecule has 5 heteroatoms. The maximum absolute atomic E-state index is 15.0. The molecule has 0 radical (unpaired) electrons. The number of halogens is 5. The van der Waals surface area contributed by atoms with Gasteiger partial charge in [0.05, 0.1) is 5.83 Å². The van der Waals surface area contributed by atoms with Crippen LogP contribution >= 0.6 is 22.6 Å². The molecule has 0 spiro atoms. The summed E-state index contributed by atoms with van der Waals surface area (Å²) in [7, 11) is 0. The summed E-state index contributed by atoms with van der Waals surface area (Å²) in [6, 6.07) is 0. The smallest absolute Gasteiger partial charge is 0.134 e. The van der Waals surface area contributed by atoms with Gasteiger partial charge in [-0.2, -0.15) is 0 Å². The zero-order valence-electron chi connectivity index (χ0n) is 19.6. The topological polar surface area (TPSA) is 0 Å². The molecule has 0 nitrogen and oxygen atoms in total. The van der Waals surface area contributed by atoms with Gasteiger partial charge in [-0.25, -0.2) is 17.6 Å². The zero-order chi connectivity index (χ0) is 23.1. The average Bonchev–Trinajstić information content (AvgIpc) is 2.81. The lowest BCUT2D eigenvalue weighted by Gasteiger charge is -2.41. The van der Waals surface area contributed by atoms with Crippen molar-refractivity contribution in [2.24, 2.45) is 35.5 Å². The summed E-state index contributed by atoms with van der Waals surface area (Å²) in [5.41, 5.74) is 0. The lowest BCUT2D eigenvalue weighted by molar-refractivity contribution is -0.0130. The average molecular weight is 571 g/mol. The molecule has 0 amide bonds. The molecule has 3 aliphatic carbocycles. The molecule has 3 rings (SSSR count). The van der Waals surface area contributed by atoms with E-state index in [1.165, 1.54) is 19.3 Å².